The number of anilines is 1. The van der Waals surface area contributed by atoms with Gasteiger partial charge in [-0.05, 0) is 56.4 Å². The molecular weight excluding hydrogens is 250 g/mol. The molecule has 2 aromatic rings. The predicted octanol–water partition coefficient (Wildman–Crippen LogP) is 3.66. The zero-order valence-electron chi connectivity index (χ0n) is 12.0. The lowest BCUT2D eigenvalue weighted by atomic mass is 9.87. The van der Waals surface area contributed by atoms with Gasteiger partial charge in [-0.3, -0.25) is 4.68 Å². The van der Waals surface area contributed by atoms with Crippen LogP contribution in [0.15, 0.2) is 30.6 Å². The second kappa shape index (κ2) is 5.19. The molecule has 0 fully saturated rings. The van der Waals surface area contributed by atoms with Gasteiger partial charge in [-0.15, -0.1) is 0 Å². The highest BCUT2D eigenvalue weighted by Crippen LogP contribution is 2.34. The van der Waals surface area contributed by atoms with E-state index in [4.69, 9.17) is 0 Å². The SMILES string of the molecule is CC(C)n1cc(NC2CCCc3cc(O)ccc32)cn1. The van der Waals surface area contributed by atoms with Gasteiger partial charge < -0.3 is 10.4 Å². The van der Waals surface area contributed by atoms with Crippen LogP contribution in [0, 0.1) is 0 Å². The summed E-state index contributed by atoms with van der Waals surface area (Å²) in [6.07, 6.45) is 7.25. The molecule has 4 heteroatoms. The molecule has 1 aromatic carbocycles. The number of benzene rings is 1. The molecule has 0 radical (unpaired) electrons. The van der Waals surface area contributed by atoms with Gasteiger partial charge in [0.2, 0.25) is 0 Å². The molecule has 20 heavy (non-hydrogen) atoms. The molecule has 0 spiro atoms. The fraction of sp³-hybridized carbons (Fsp3) is 0.438. The summed E-state index contributed by atoms with van der Waals surface area (Å²) in [6, 6.07) is 6.39. The molecule has 1 unspecified atom stereocenters. The average Bonchev–Trinajstić information content (AvgIpc) is 2.87. The number of phenols is 1. The maximum atomic E-state index is 9.59. The number of nitrogens with zero attached hydrogens (tertiary/aromatic N) is 2. The van der Waals surface area contributed by atoms with Crippen LogP contribution >= 0.6 is 0 Å². The minimum atomic E-state index is 0.309. The maximum absolute atomic E-state index is 9.59. The van der Waals surface area contributed by atoms with Gasteiger partial charge in [0.1, 0.15) is 5.75 Å². The van der Waals surface area contributed by atoms with E-state index in [0.717, 1.165) is 24.9 Å². The van der Waals surface area contributed by atoms with Gasteiger partial charge in [0.05, 0.1) is 17.9 Å². The van der Waals surface area contributed by atoms with Crippen LogP contribution in [-0.2, 0) is 6.42 Å². The molecule has 106 valence electrons. The molecule has 0 saturated heterocycles. The number of rotatable bonds is 3. The zero-order valence-corrected chi connectivity index (χ0v) is 12.0. The van der Waals surface area contributed by atoms with Crippen molar-refractivity contribution in [1.29, 1.82) is 0 Å². The van der Waals surface area contributed by atoms with Crippen LogP contribution in [-0.4, -0.2) is 14.9 Å². The fourth-order valence-electron chi connectivity index (χ4n) is 2.85. The molecule has 3 rings (SSSR count). The Labute approximate surface area is 119 Å². The summed E-state index contributed by atoms with van der Waals surface area (Å²) in [5.74, 6) is 0.358. The third-order valence-electron chi connectivity index (χ3n) is 3.91. The first-order chi connectivity index (χ1) is 9.63. The Morgan fingerprint density at radius 1 is 1.40 bits per heavy atom. The number of aryl methyl sites for hydroxylation is 1. The highest BCUT2D eigenvalue weighted by Gasteiger charge is 2.20. The van der Waals surface area contributed by atoms with Crippen molar-refractivity contribution < 1.29 is 5.11 Å². The Bertz CT molecular complexity index is 604. The van der Waals surface area contributed by atoms with E-state index in [1.165, 1.54) is 11.1 Å². The van der Waals surface area contributed by atoms with Gasteiger partial charge in [0.15, 0.2) is 0 Å². The lowest BCUT2D eigenvalue weighted by Crippen LogP contribution is -2.17. The van der Waals surface area contributed by atoms with Gasteiger partial charge in [-0.2, -0.15) is 5.10 Å². The largest absolute Gasteiger partial charge is 0.508 e. The van der Waals surface area contributed by atoms with E-state index in [2.05, 4.69) is 30.5 Å². The Kier molecular flexibility index (Phi) is 3.38. The summed E-state index contributed by atoms with van der Waals surface area (Å²) in [5, 5.41) is 17.5. The summed E-state index contributed by atoms with van der Waals surface area (Å²) in [7, 11) is 0. The number of hydrogen-bond donors (Lipinski definition) is 2. The van der Waals surface area contributed by atoms with Crippen molar-refractivity contribution in [2.75, 3.05) is 5.32 Å². The fourth-order valence-corrected chi connectivity index (χ4v) is 2.85. The van der Waals surface area contributed by atoms with Crippen LogP contribution in [0.25, 0.3) is 0 Å². The smallest absolute Gasteiger partial charge is 0.115 e. The first-order valence-corrected chi connectivity index (χ1v) is 7.26. The van der Waals surface area contributed by atoms with Crippen molar-refractivity contribution in [3.05, 3.63) is 41.7 Å². The second-order valence-corrected chi connectivity index (χ2v) is 5.78. The van der Waals surface area contributed by atoms with Crippen molar-refractivity contribution in [2.24, 2.45) is 0 Å². The van der Waals surface area contributed by atoms with Crippen LogP contribution in [0.1, 0.15) is 49.9 Å². The quantitative estimate of drug-likeness (QED) is 0.895. The normalized spacial score (nSPS) is 18.1. The molecule has 0 amide bonds. The Morgan fingerprint density at radius 2 is 2.25 bits per heavy atom. The van der Waals surface area contributed by atoms with Gasteiger partial charge >= 0.3 is 0 Å². The standard InChI is InChI=1S/C16H21N3O/c1-11(2)19-10-13(9-17-19)18-16-5-3-4-12-8-14(20)6-7-15(12)16/h6-11,16,18,20H,3-5H2,1-2H3. The number of hydrogen-bond acceptors (Lipinski definition) is 3. The van der Waals surface area contributed by atoms with Gasteiger partial charge in [-0.1, -0.05) is 6.07 Å². The van der Waals surface area contributed by atoms with Gasteiger partial charge in [-0.25, -0.2) is 0 Å². The van der Waals surface area contributed by atoms with Crippen molar-refractivity contribution >= 4 is 5.69 Å². The van der Waals surface area contributed by atoms with E-state index in [0.29, 0.717) is 17.8 Å². The third-order valence-corrected chi connectivity index (χ3v) is 3.91. The molecule has 1 heterocycles. The highest BCUT2D eigenvalue weighted by atomic mass is 16.3. The molecule has 0 saturated carbocycles. The van der Waals surface area contributed by atoms with Gasteiger partial charge in [0, 0.05) is 12.2 Å². The topological polar surface area (TPSA) is 50.1 Å². The molecule has 1 aliphatic rings. The molecule has 1 aromatic heterocycles. The van der Waals surface area contributed by atoms with Crippen LogP contribution in [0.3, 0.4) is 0 Å². The summed E-state index contributed by atoms with van der Waals surface area (Å²) in [5.41, 5.74) is 3.61. The number of aromatic nitrogens is 2. The number of fused-ring (bicyclic) bond motifs is 1. The van der Waals surface area contributed by atoms with E-state index in [1.54, 1.807) is 6.07 Å². The van der Waals surface area contributed by atoms with Crippen molar-refractivity contribution in [3.8, 4) is 5.75 Å². The van der Waals surface area contributed by atoms with Gasteiger partial charge in [0.25, 0.3) is 0 Å². The molecule has 0 bridgehead atoms. The lowest BCUT2D eigenvalue weighted by Gasteiger charge is -2.26. The van der Waals surface area contributed by atoms with E-state index in [-0.39, 0.29) is 0 Å². The number of phenolic OH excluding ortho intramolecular Hbond substituents is 1. The van der Waals surface area contributed by atoms with E-state index in [1.807, 2.05) is 23.0 Å². The van der Waals surface area contributed by atoms with Crippen molar-refractivity contribution in [2.45, 2.75) is 45.2 Å². The van der Waals surface area contributed by atoms with Crippen LogP contribution in [0.2, 0.25) is 0 Å². The minimum absolute atomic E-state index is 0.309. The Hall–Kier alpha value is -1.97. The average molecular weight is 271 g/mol. The third kappa shape index (κ3) is 2.50. The monoisotopic (exact) mass is 271 g/mol. The molecule has 2 N–H and O–H groups in total. The molecule has 1 aliphatic carbocycles. The first-order valence-electron chi connectivity index (χ1n) is 7.26. The highest BCUT2D eigenvalue weighted by molar-refractivity contribution is 5.46. The zero-order chi connectivity index (χ0) is 14.1. The van der Waals surface area contributed by atoms with Crippen LogP contribution < -0.4 is 5.32 Å². The van der Waals surface area contributed by atoms with E-state index >= 15 is 0 Å². The second-order valence-electron chi connectivity index (χ2n) is 5.78. The van der Waals surface area contributed by atoms with E-state index in [9.17, 15) is 5.11 Å². The Balaban J connectivity index is 1.82. The van der Waals surface area contributed by atoms with Crippen LogP contribution in [0.4, 0.5) is 5.69 Å². The molecule has 4 nitrogen and oxygen atoms in total. The van der Waals surface area contributed by atoms with Crippen molar-refractivity contribution in [1.82, 2.24) is 9.78 Å². The van der Waals surface area contributed by atoms with Crippen LogP contribution in [0.5, 0.6) is 5.75 Å². The molecular formula is C16H21N3O. The maximum Gasteiger partial charge on any atom is 0.115 e. The minimum Gasteiger partial charge on any atom is -0.508 e. The first kappa shape index (κ1) is 13.0. The molecule has 1 atom stereocenters. The lowest BCUT2D eigenvalue weighted by molar-refractivity contribution is 0.472. The summed E-state index contributed by atoms with van der Waals surface area (Å²) in [4.78, 5) is 0. The Morgan fingerprint density at radius 3 is 3.00 bits per heavy atom. The predicted molar refractivity (Wildman–Crippen MR) is 80.0 cm³/mol. The number of nitrogens with one attached hydrogen (secondary N) is 1. The molecule has 0 aliphatic heterocycles. The summed E-state index contributed by atoms with van der Waals surface area (Å²) >= 11 is 0. The number of aromatic hydroxyl groups is 1. The van der Waals surface area contributed by atoms with Crippen molar-refractivity contribution in [3.63, 3.8) is 0 Å². The van der Waals surface area contributed by atoms with E-state index < -0.39 is 0 Å². The summed E-state index contributed by atoms with van der Waals surface area (Å²) < 4.78 is 1.96. The summed E-state index contributed by atoms with van der Waals surface area (Å²) in [6.45, 7) is 4.24.